The Kier molecular flexibility index (Phi) is 6.10. The molecule has 164 valence electrons. The summed E-state index contributed by atoms with van der Waals surface area (Å²) in [5.41, 5.74) is 2.33. The predicted octanol–water partition coefficient (Wildman–Crippen LogP) is 1.67. The number of rotatable bonds is 8. The second-order valence-electron chi connectivity index (χ2n) is 7.33. The Morgan fingerprint density at radius 3 is 2.77 bits per heavy atom. The Labute approximate surface area is 180 Å². The van der Waals surface area contributed by atoms with E-state index in [9.17, 15) is 18.0 Å². The van der Waals surface area contributed by atoms with Crippen LogP contribution >= 0.6 is 0 Å². The molecular formula is C21H23N3O6S. The van der Waals surface area contributed by atoms with Crippen LogP contribution in [0.25, 0.3) is 0 Å². The minimum absolute atomic E-state index is 0.0713. The molecule has 0 atom stereocenters. The molecule has 2 amide bonds. The van der Waals surface area contributed by atoms with Gasteiger partial charge in [0.05, 0.1) is 4.90 Å². The maximum Gasteiger partial charge on any atom is 0.240 e. The number of carbonyl (C=O) groups is 2. The average Bonchev–Trinajstić information content (AvgIpc) is 3.23. The zero-order valence-corrected chi connectivity index (χ0v) is 17.6. The highest BCUT2D eigenvalue weighted by molar-refractivity contribution is 7.89. The van der Waals surface area contributed by atoms with Gasteiger partial charge in [0.2, 0.25) is 28.6 Å². The van der Waals surface area contributed by atoms with Gasteiger partial charge in [0.15, 0.2) is 11.5 Å². The summed E-state index contributed by atoms with van der Waals surface area (Å²) in [6.45, 7) is 0.698. The lowest BCUT2D eigenvalue weighted by Crippen LogP contribution is -2.28. The van der Waals surface area contributed by atoms with Crippen molar-refractivity contribution in [1.29, 1.82) is 0 Å². The fourth-order valence-corrected chi connectivity index (χ4v) is 4.53. The van der Waals surface area contributed by atoms with Crippen LogP contribution in [0, 0.1) is 0 Å². The Morgan fingerprint density at radius 1 is 1.06 bits per heavy atom. The minimum Gasteiger partial charge on any atom is -0.454 e. The summed E-state index contributed by atoms with van der Waals surface area (Å²) in [7, 11) is -3.69. The molecule has 2 heterocycles. The molecule has 2 aromatic rings. The quantitative estimate of drug-likeness (QED) is 0.531. The second-order valence-corrected chi connectivity index (χ2v) is 9.10. The third kappa shape index (κ3) is 5.15. The summed E-state index contributed by atoms with van der Waals surface area (Å²) in [6, 6.07) is 10.1. The summed E-state index contributed by atoms with van der Waals surface area (Å²) in [5.74, 6) is 1.11. The third-order valence-electron chi connectivity index (χ3n) is 5.08. The Hall–Kier alpha value is -3.11. The number of aryl methyl sites for hydroxylation is 1. The lowest BCUT2D eigenvalue weighted by Gasteiger charge is -2.17. The molecule has 10 heteroatoms. The van der Waals surface area contributed by atoms with Gasteiger partial charge in [-0.1, -0.05) is 6.07 Å². The summed E-state index contributed by atoms with van der Waals surface area (Å²) >= 11 is 0. The number of carbonyl (C=O) groups excluding carboxylic acids is 2. The van der Waals surface area contributed by atoms with E-state index in [0.717, 1.165) is 11.1 Å². The Bertz CT molecular complexity index is 1120. The van der Waals surface area contributed by atoms with Crippen LogP contribution in [0.4, 0.5) is 5.69 Å². The van der Waals surface area contributed by atoms with E-state index < -0.39 is 10.0 Å². The average molecular weight is 445 g/mol. The molecule has 0 saturated carbocycles. The predicted molar refractivity (Wildman–Crippen MR) is 112 cm³/mol. The first-order valence-electron chi connectivity index (χ1n) is 9.98. The molecule has 0 aromatic heterocycles. The lowest BCUT2D eigenvalue weighted by molar-refractivity contribution is -0.121. The van der Waals surface area contributed by atoms with Gasteiger partial charge in [-0.25, -0.2) is 13.1 Å². The van der Waals surface area contributed by atoms with E-state index in [1.807, 2.05) is 12.1 Å². The van der Waals surface area contributed by atoms with Gasteiger partial charge in [-0.3, -0.25) is 9.59 Å². The number of benzene rings is 2. The molecule has 0 spiro atoms. The highest BCUT2D eigenvalue weighted by Gasteiger charge is 2.20. The van der Waals surface area contributed by atoms with Gasteiger partial charge in [0.25, 0.3) is 0 Å². The number of hydrogen-bond acceptors (Lipinski definition) is 6. The molecule has 0 aliphatic carbocycles. The minimum atomic E-state index is -3.69. The number of nitrogens with one attached hydrogen (secondary N) is 3. The van der Waals surface area contributed by atoms with Crippen LogP contribution in [0.2, 0.25) is 0 Å². The van der Waals surface area contributed by atoms with Gasteiger partial charge >= 0.3 is 0 Å². The van der Waals surface area contributed by atoms with Crippen LogP contribution in [0.3, 0.4) is 0 Å². The summed E-state index contributed by atoms with van der Waals surface area (Å²) in [6.07, 6.45) is 1.41. The molecular weight excluding hydrogens is 422 g/mol. The highest BCUT2D eigenvalue weighted by atomic mass is 32.2. The van der Waals surface area contributed by atoms with Crippen LogP contribution in [0.5, 0.6) is 11.5 Å². The summed E-state index contributed by atoms with van der Waals surface area (Å²) in [4.78, 5) is 23.6. The maximum absolute atomic E-state index is 12.5. The molecule has 31 heavy (non-hydrogen) atoms. The fourth-order valence-electron chi connectivity index (χ4n) is 3.41. The zero-order valence-electron chi connectivity index (χ0n) is 16.8. The van der Waals surface area contributed by atoms with Crippen molar-refractivity contribution in [2.45, 2.75) is 37.1 Å². The molecule has 2 aliphatic heterocycles. The normalized spacial score (nSPS) is 14.6. The van der Waals surface area contributed by atoms with Crippen molar-refractivity contribution in [3.8, 4) is 11.5 Å². The molecule has 0 bridgehead atoms. The first-order valence-corrected chi connectivity index (χ1v) is 11.5. The molecule has 9 nitrogen and oxygen atoms in total. The first kappa shape index (κ1) is 21.1. The van der Waals surface area contributed by atoms with Gasteiger partial charge in [-0.05, 0) is 54.3 Å². The number of sulfonamides is 1. The third-order valence-corrected chi connectivity index (χ3v) is 6.54. The Balaban J connectivity index is 1.22. The molecule has 0 fully saturated rings. The van der Waals surface area contributed by atoms with E-state index in [0.29, 0.717) is 43.0 Å². The lowest BCUT2D eigenvalue weighted by atomic mass is 10.0. The van der Waals surface area contributed by atoms with Gasteiger partial charge in [0.1, 0.15) is 0 Å². The number of amides is 2. The standard InChI is InChI=1S/C21H23N3O6S/c25-20(22-12-14-3-7-18-19(10-14)30-13-29-18)2-1-9-23-31(27,28)16-5-6-17-15(11-16)4-8-21(26)24-17/h3,5-7,10-11,23H,1-2,4,8-9,12-13H2,(H,22,25)(H,24,26). The number of fused-ring (bicyclic) bond motifs is 2. The first-order chi connectivity index (χ1) is 14.9. The molecule has 4 rings (SSSR count). The van der Waals surface area contributed by atoms with Crippen molar-refractivity contribution in [1.82, 2.24) is 10.0 Å². The van der Waals surface area contributed by atoms with E-state index in [-0.39, 0.29) is 36.5 Å². The van der Waals surface area contributed by atoms with Gasteiger partial charge < -0.3 is 20.1 Å². The fraction of sp³-hybridized carbons (Fsp3) is 0.333. The van der Waals surface area contributed by atoms with Crippen molar-refractivity contribution in [2.24, 2.45) is 0 Å². The van der Waals surface area contributed by atoms with E-state index >= 15 is 0 Å². The number of ether oxygens (including phenoxy) is 2. The van der Waals surface area contributed by atoms with E-state index in [1.54, 1.807) is 18.2 Å². The largest absolute Gasteiger partial charge is 0.454 e. The van der Waals surface area contributed by atoms with Crippen molar-refractivity contribution < 1.29 is 27.5 Å². The summed E-state index contributed by atoms with van der Waals surface area (Å²) < 4.78 is 38.1. The smallest absolute Gasteiger partial charge is 0.240 e. The van der Waals surface area contributed by atoms with Gasteiger partial charge in [-0.2, -0.15) is 0 Å². The zero-order chi connectivity index (χ0) is 21.8. The van der Waals surface area contributed by atoms with Crippen molar-refractivity contribution >= 4 is 27.5 Å². The van der Waals surface area contributed by atoms with Crippen LogP contribution in [-0.4, -0.2) is 33.6 Å². The van der Waals surface area contributed by atoms with Crippen LogP contribution < -0.4 is 24.8 Å². The topological polar surface area (TPSA) is 123 Å². The molecule has 3 N–H and O–H groups in total. The molecule has 2 aromatic carbocycles. The van der Waals surface area contributed by atoms with Crippen molar-refractivity contribution in [3.05, 3.63) is 47.5 Å². The Morgan fingerprint density at radius 2 is 1.90 bits per heavy atom. The van der Waals surface area contributed by atoms with Crippen LogP contribution in [-0.2, 0) is 32.6 Å². The monoisotopic (exact) mass is 445 g/mol. The number of anilines is 1. The van der Waals surface area contributed by atoms with E-state index in [2.05, 4.69) is 15.4 Å². The summed E-state index contributed by atoms with van der Waals surface area (Å²) in [5, 5.41) is 5.54. The molecule has 0 unspecified atom stereocenters. The van der Waals surface area contributed by atoms with E-state index in [4.69, 9.17) is 9.47 Å². The van der Waals surface area contributed by atoms with Gasteiger partial charge in [-0.15, -0.1) is 0 Å². The SMILES string of the molecule is O=C(CCCNS(=O)(=O)c1ccc2c(c1)CCC(=O)N2)NCc1ccc2c(c1)OCO2. The highest BCUT2D eigenvalue weighted by Crippen LogP contribution is 2.32. The maximum atomic E-state index is 12.5. The molecule has 0 radical (unpaired) electrons. The molecule has 0 saturated heterocycles. The molecule has 2 aliphatic rings. The van der Waals surface area contributed by atoms with E-state index in [1.165, 1.54) is 6.07 Å². The van der Waals surface area contributed by atoms with Crippen molar-refractivity contribution in [2.75, 3.05) is 18.7 Å². The second kappa shape index (κ2) is 8.94. The van der Waals surface area contributed by atoms with Crippen LogP contribution in [0.1, 0.15) is 30.4 Å². The van der Waals surface area contributed by atoms with Crippen LogP contribution in [0.15, 0.2) is 41.3 Å². The van der Waals surface area contributed by atoms with Gasteiger partial charge in [0, 0.05) is 31.6 Å². The number of hydrogen-bond donors (Lipinski definition) is 3. The van der Waals surface area contributed by atoms with Crippen molar-refractivity contribution in [3.63, 3.8) is 0 Å².